The van der Waals surface area contributed by atoms with Crippen molar-refractivity contribution >= 4 is 23.0 Å². The highest BCUT2D eigenvalue weighted by atomic mass is 16.1. The van der Waals surface area contributed by atoms with Gasteiger partial charge in [-0.1, -0.05) is 18.2 Å². The summed E-state index contributed by atoms with van der Waals surface area (Å²) in [5.41, 5.74) is 2.59. The summed E-state index contributed by atoms with van der Waals surface area (Å²) in [7, 11) is 0. The van der Waals surface area contributed by atoms with E-state index in [4.69, 9.17) is 0 Å². The first-order valence-electron chi connectivity index (χ1n) is 7.66. The molecular weight excluding hydrogens is 302 g/mol. The molecule has 0 spiro atoms. The first kappa shape index (κ1) is 15.6. The molecule has 6 nitrogen and oxygen atoms in total. The predicted octanol–water partition coefficient (Wildman–Crippen LogP) is 4.57. The molecule has 2 aromatic carbocycles. The van der Waals surface area contributed by atoms with Crippen molar-refractivity contribution in [2.75, 3.05) is 5.32 Å². The van der Waals surface area contributed by atoms with Gasteiger partial charge >= 0.3 is 0 Å². The van der Waals surface area contributed by atoms with Gasteiger partial charge in [-0.15, -0.1) is 0 Å². The maximum absolute atomic E-state index is 12.1. The maximum Gasteiger partial charge on any atom is 0.276 e. The van der Waals surface area contributed by atoms with Crippen LogP contribution in [0, 0.1) is 0 Å². The summed E-state index contributed by atoms with van der Waals surface area (Å²) in [5, 5.41) is 15.3. The van der Waals surface area contributed by atoms with Crippen LogP contribution >= 0.6 is 0 Å². The normalized spacial score (nSPS) is 10.9. The minimum absolute atomic E-state index is 0.235. The molecule has 1 amide bonds. The molecule has 0 bridgehead atoms. The third-order valence-electron chi connectivity index (χ3n) is 3.36. The second-order valence-corrected chi connectivity index (χ2v) is 5.09. The quantitative estimate of drug-likeness (QED) is 0.700. The highest BCUT2D eigenvalue weighted by Crippen LogP contribution is 2.20. The van der Waals surface area contributed by atoms with Crippen LogP contribution < -0.4 is 5.32 Å². The van der Waals surface area contributed by atoms with Crippen LogP contribution in [-0.4, -0.2) is 15.7 Å². The molecular formula is C18H17N5O. The van der Waals surface area contributed by atoms with E-state index in [2.05, 4.69) is 20.6 Å². The van der Waals surface area contributed by atoms with E-state index in [0.29, 0.717) is 17.1 Å². The highest BCUT2D eigenvalue weighted by molar-refractivity contribution is 6.02. The van der Waals surface area contributed by atoms with Crippen LogP contribution in [0.5, 0.6) is 0 Å². The average Bonchev–Trinajstić information content (AvgIpc) is 3.11. The fourth-order valence-electron chi connectivity index (χ4n) is 2.08. The molecule has 0 radical (unpaired) electrons. The van der Waals surface area contributed by atoms with Gasteiger partial charge in [-0.3, -0.25) is 9.48 Å². The minimum atomic E-state index is -0.235. The van der Waals surface area contributed by atoms with Crippen molar-refractivity contribution in [2.24, 2.45) is 10.2 Å². The molecule has 24 heavy (non-hydrogen) atoms. The summed E-state index contributed by atoms with van der Waals surface area (Å²) in [6.07, 6.45) is 1.78. The summed E-state index contributed by atoms with van der Waals surface area (Å²) in [5.74, 6) is -0.235. The third-order valence-corrected chi connectivity index (χ3v) is 3.36. The lowest BCUT2D eigenvalue weighted by Gasteiger charge is -2.03. The summed E-state index contributed by atoms with van der Waals surface area (Å²) in [6.45, 7) is 2.70. The van der Waals surface area contributed by atoms with E-state index in [1.165, 1.54) is 0 Å². The molecule has 0 aliphatic rings. The van der Waals surface area contributed by atoms with Crippen LogP contribution in [0.3, 0.4) is 0 Å². The molecule has 3 aromatic rings. The molecule has 0 saturated carbocycles. The SMILES string of the molecule is CCn1ccc(C(=O)Nc2ccc(N=Nc3ccccc3)cc2)n1. The number of rotatable bonds is 5. The predicted molar refractivity (Wildman–Crippen MR) is 92.9 cm³/mol. The van der Waals surface area contributed by atoms with Gasteiger partial charge in [-0.05, 0) is 49.4 Å². The van der Waals surface area contributed by atoms with Gasteiger partial charge in [-0.2, -0.15) is 15.3 Å². The Morgan fingerprint density at radius 3 is 2.29 bits per heavy atom. The zero-order valence-corrected chi connectivity index (χ0v) is 13.3. The Labute approximate surface area is 139 Å². The molecule has 3 rings (SSSR count). The van der Waals surface area contributed by atoms with Crippen LogP contribution in [0.25, 0.3) is 0 Å². The number of aryl methyl sites for hydroxylation is 1. The van der Waals surface area contributed by atoms with E-state index < -0.39 is 0 Å². The van der Waals surface area contributed by atoms with Gasteiger partial charge in [0.15, 0.2) is 5.69 Å². The Morgan fingerprint density at radius 2 is 1.67 bits per heavy atom. The summed E-state index contributed by atoms with van der Waals surface area (Å²) in [4.78, 5) is 12.1. The van der Waals surface area contributed by atoms with E-state index >= 15 is 0 Å². The van der Waals surface area contributed by atoms with Crippen LogP contribution in [0.4, 0.5) is 17.1 Å². The van der Waals surface area contributed by atoms with Crippen molar-refractivity contribution < 1.29 is 4.79 Å². The van der Waals surface area contributed by atoms with Crippen molar-refractivity contribution in [1.82, 2.24) is 9.78 Å². The zero-order valence-electron chi connectivity index (χ0n) is 13.3. The monoisotopic (exact) mass is 319 g/mol. The average molecular weight is 319 g/mol. The number of benzene rings is 2. The zero-order chi connectivity index (χ0) is 16.8. The molecule has 0 fully saturated rings. The Balaban J connectivity index is 1.64. The summed E-state index contributed by atoms with van der Waals surface area (Å²) >= 11 is 0. The van der Waals surface area contributed by atoms with Gasteiger partial charge in [0.2, 0.25) is 0 Å². The summed E-state index contributed by atoms with van der Waals surface area (Å²) in [6, 6.07) is 18.4. The summed E-state index contributed by atoms with van der Waals surface area (Å²) < 4.78 is 1.71. The topological polar surface area (TPSA) is 71.6 Å². The molecule has 1 aromatic heterocycles. The van der Waals surface area contributed by atoms with Gasteiger partial charge in [-0.25, -0.2) is 0 Å². The van der Waals surface area contributed by atoms with E-state index in [1.807, 2.05) is 37.3 Å². The number of hydrogen-bond donors (Lipinski definition) is 1. The van der Waals surface area contributed by atoms with E-state index in [0.717, 1.165) is 12.2 Å². The van der Waals surface area contributed by atoms with Crippen molar-refractivity contribution in [2.45, 2.75) is 13.5 Å². The Kier molecular flexibility index (Phi) is 4.76. The van der Waals surface area contributed by atoms with Gasteiger partial charge in [0, 0.05) is 18.4 Å². The van der Waals surface area contributed by atoms with Crippen LogP contribution in [-0.2, 0) is 6.54 Å². The number of anilines is 1. The highest BCUT2D eigenvalue weighted by Gasteiger charge is 2.09. The molecule has 0 aliphatic carbocycles. The fraction of sp³-hybridized carbons (Fsp3) is 0.111. The first-order valence-corrected chi connectivity index (χ1v) is 7.66. The molecule has 1 heterocycles. The number of hydrogen-bond acceptors (Lipinski definition) is 4. The molecule has 0 aliphatic heterocycles. The first-order chi connectivity index (χ1) is 11.7. The molecule has 1 N–H and O–H groups in total. The standard InChI is InChI=1S/C18H17N5O/c1-2-23-13-12-17(22-23)18(24)19-14-8-10-16(11-9-14)21-20-15-6-4-3-5-7-15/h3-13H,2H2,1H3,(H,19,24). The van der Waals surface area contributed by atoms with Crippen LogP contribution in [0.1, 0.15) is 17.4 Å². The molecule has 0 unspecified atom stereocenters. The lowest BCUT2D eigenvalue weighted by atomic mass is 10.3. The Bertz CT molecular complexity index is 837. The van der Waals surface area contributed by atoms with Crippen molar-refractivity contribution in [1.29, 1.82) is 0 Å². The number of azo groups is 1. The number of nitrogens with zero attached hydrogens (tertiary/aromatic N) is 4. The van der Waals surface area contributed by atoms with Crippen LogP contribution in [0.15, 0.2) is 77.1 Å². The van der Waals surface area contributed by atoms with Crippen LogP contribution in [0.2, 0.25) is 0 Å². The van der Waals surface area contributed by atoms with E-state index in [9.17, 15) is 4.79 Å². The minimum Gasteiger partial charge on any atom is -0.321 e. The lowest BCUT2D eigenvalue weighted by Crippen LogP contribution is -2.13. The molecule has 0 atom stereocenters. The van der Waals surface area contributed by atoms with Gasteiger partial charge in [0.25, 0.3) is 5.91 Å². The molecule has 120 valence electrons. The van der Waals surface area contributed by atoms with E-state index in [1.54, 1.807) is 41.2 Å². The third kappa shape index (κ3) is 3.92. The number of amides is 1. The molecule has 0 saturated heterocycles. The second-order valence-electron chi connectivity index (χ2n) is 5.09. The number of nitrogens with one attached hydrogen (secondary N) is 1. The number of carbonyl (C=O) groups is 1. The maximum atomic E-state index is 12.1. The number of carbonyl (C=O) groups excluding carboxylic acids is 1. The van der Waals surface area contributed by atoms with Gasteiger partial charge in [0.1, 0.15) is 0 Å². The molecule has 6 heteroatoms. The Hall–Kier alpha value is -3.28. The lowest BCUT2D eigenvalue weighted by molar-refractivity contribution is 0.102. The van der Waals surface area contributed by atoms with Gasteiger partial charge in [0.05, 0.1) is 11.4 Å². The van der Waals surface area contributed by atoms with E-state index in [-0.39, 0.29) is 5.91 Å². The van der Waals surface area contributed by atoms with Crippen molar-refractivity contribution in [3.63, 3.8) is 0 Å². The van der Waals surface area contributed by atoms with Gasteiger partial charge < -0.3 is 5.32 Å². The largest absolute Gasteiger partial charge is 0.321 e. The van der Waals surface area contributed by atoms with Crippen molar-refractivity contribution in [3.8, 4) is 0 Å². The second kappa shape index (κ2) is 7.32. The fourth-order valence-corrected chi connectivity index (χ4v) is 2.08. The smallest absolute Gasteiger partial charge is 0.276 e. The number of aromatic nitrogens is 2. The van der Waals surface area contributed by atoms with Crippen molar-refractivity contribution in [3.05, 3.63) is 72.6 Å². The Morgan fingerprint density at radius 1 is 1.00 bits per heavy atom.